The summed E-state index contributed by atoms with van der Waals surface area (Å²) in [5.74, 6) is 5.78. The lowest BCUT2D eigenvalue weighted by atomic mass is 10.0. The lowest BCUT2D eigenvalue weighted by molar-refractivity contribution is 0.371. The van der Waals surface area contributed by atoms with E-state index in [2.05, 4.69) is 28.9 Å². The summed E-state index contributed by atoms with van der Waals surface area (Å²) < 4.78 is 14.9. The molecule has 0 radical (unpaired) electrons. The molecule has 1 atom stereocenters. The molecule has 30 heavy (non-hydrogen) atoms. The van der Waals surface area contributed by atoms with Crippen LogP contribution in [-0.2, 0) is 0 Å². The van der Waals surface area contributed by atoms with Gasteiger partial charge < -0.3 is 16.0 Å². The lowest BCUT2D eigenvalue weighted by Crippen LogP contribution is -2.30. The molecule has 0 aliphatic carbocycles. The number of hydrazine groups is 1. The number of amidine groups is 1. The number of aromatic nitrogens is 1. The summed E-state index contributed by atoms with van der Waals surface area (Å²) in [7, 11) is 3.51. The second kappa shape index (κ2) is 11.3. The standard InChI is InChI=1S/C22H32FN7/c1-5-7-16(13-26-3)15-30(6-2)18-9-10-19(20(23)12-18)17-8-11-21(27-14-17)22(24)28-29(4)25/h6,8-12,14,16,26H,2,5,7,13,15,25H2,1,3-4H3,(H2,24,28). The number of nitrogens with two attached hydrogens (primary N) is 2. The molecule has 5 N–H and O–H groups in total. The number of halogens is 1. The first-order valence-electron chi connectivity index (χ1n) is 10.0. The first kappa shape index (κ1) is 23.3. The highest BCUT2D eigenvalue weighted by Crippen LogP contribution is 2.27. The maximum absolute atomic E-state index is 14.9. The fourth-order valence-corrected chi connectivity index (χ4v) is 3.36. The predicted molar refractivity (Wildman–Crippen MR) is 122 cm³/mol. The van der Waals surface area contributed by atoms with Gasteiger partial charge in [0.25, 0.3) is 0 Å². The van der Waals surface area contributed by atoms with Crippen molar-refractivity contribution in [1.29, 1.82) is 0 Å². The highest BCUT2D eigenvalue weighted by Gasteiger charge is 2.14. The first-order valence-corrected chi connectivity index (χ1v) is 10.0. The normalized spacial score (nSPS) is 12.5. The van der Waals surface area contributed by atoms with Gasteiger partial charge in [-0.05, 0) is 56.4 Å². The molecule has 1 heterocycles. The summed E-state index contributed by atoms with van der Waals surface area (Å²) in [5.41, 5.74) is 8.20. The van der Waals surface area contributed by atoms with E-state index in [1.54, 1.807) is 37.6 Å². The van der Waals surface area contributed by atoms with Gasteiger partial charge >= 0.3 is 0 Å². The minimum Gasteiger partial charge on any atom is -0.380 e. The molecule has 2 rings (SSSR count). The monoisotopic (exact) mass is 413 g/mol. The van der Waals surface area contributed by atoms with E-state index in [4.69, 9.17) is 11.6 Å². The van der Waals surface area contributed by atoms with Crippen molar-refractivity contribution < 1.29 is 4.39 Å². The molecule has 0 fully saturated rings. The van der Waals surface area contributed by atoms with Crippen LogP contribution < -0.4 is 21.8 Å². The molecule has 2 aromatic rings. The molecule has 0 saturated carbocycles. The van der Waals surface area contributed by atoms with E-state index in [1.807, 2.05) is 18.0 Å². The Labute approximate surface area is 178 Å². The molecule has 8 heteroatoms. The number of hydrogen-bond acceptors (Lipinski definition) is 6. The average molecular weight is 414 g/mol. The van der Waals surface area contributed by atoms with Crippen LogP contribution in [0.4, 0.5) is 10.1 Å². The van der Waals surface area contributed by atoms with E-state index in [1.165, 1.54) is 6.07 Å². The number of pyridine rings is 1. The Bertz CT molecular complexity index is 843. The van der Waals surface area contributed by atoms with Gasteiger partial charge in [-0.1, -0.05) is 26.0 Å². The van der Waals surface area contributed by atoms with Crippen LogP contribution in [0, 0.1) is 11.7 Å². The molecular weight excluding hydrogens is 381 g/mol. The van der Waals surface area contributed by atoms with E-state index in [0.717, 1.165) is 36.7 Å². The number of benzene rings is 1. The Hall–Kier alpha value is -2.97. The third kappa shape index (κ3) is 6.27. The zero-order chi connectivity index (χ0) is 22.1. The zero-order valence-corrected chi connectivity index (χ0v) is 18.0. The highest BCUT2D eigenvalue weighted by molar-refractivity contribution is 5.95. The van der Waals surface area contributed by atoms with Crippen molar-refractivity contribution in [3.8, 4) is 11.1 Å². The Morgan fingerprint density at radius 1 is 1.37 bits per heavy atom. The Morgan fingerprint density at radius 3 is 2.67 bits per heavy atom. The second-order valence-corrected chi connectivity index (χ2v) is 7.20. The van der Waals surface area contributed by atoms with E-state index < -0.39 is 0 Å². The van der Waals surface area contributed by atoms with Crippen molar-refractivity contribution in [2.24, 2.45) is 22.6 Å². The van der Waals surface area contributed by atoms with Gasteiger partial charge in [-0.2, -0.15) is 0 Å². The first-order chi connectivity index (χ1) is 14.4. The van der Waals surface area contributed by atoms with E-state index in [-0.39, 0.29) is 11.7 Å². The number of nitrogens with zero attached hydrogens (tertiary/aromatic N) is 4. The van der Waals surface area contributed by atoms with Crippen LogP contribution in [0.2, 0.25) is 0 Å². The number of anilines is 1. The number of nitrogens with one attached hydrogen (secondary N) is 1. The van der Waals surface area contributed by atoms with Crippen molar-refractivity contribution in [3.05, 3.63) is 60.8 Å². The van der Waals surface area contributed by atoms with Crippen LogP contribution in [0.25, 0.3) is 11.1 Å². The Morgan fingerprint density at radius 2 is 2.13 bits per heavy atom. The van der Waals surface area contributed by atoms with Gasteiger partial charge in [0.15, 0.2) is 5.84 Å². The summed E-state index contributed by atoms with van der Waals surface area (Å²) in [4.78, 5) is 6.26. The molecule has 0 aliphatic heterocycles. The van der Waals surface area contributed by atoms with E-state index in [0.29, 0.717) is 22.7 Å². The fraction of sp³-hybridized carbons (Fsp3) is 0.364. The molecule has 1 unspecified atom stereocenters. The quantitative estimate of drug-likeness (QED) is 0.227. The van der Waals surface area contributed by atoms with Crippen LogP contribution in [0.5, 0.6) is 0 Å². The van der Waals surface area contributed by atoms with Crippen molar-refractivity contribution >= 4 is 11.5 Å². The summed E-state index contributed by atoms with van der Waals surface area (Å²) >= 11 is 0. The zero-order valence-electron chi connectivity index (χ0n) is 18.0. The van der Waals surface area contributed by atoms with Gasteiger partial charge in [0.2, 0.25) is 0 Å². The predicted octanol–water partition coefficient (Wildman–Crippen LogP) is 2.90. The summed E-state index contributed by atoms with van der Waals surface area (Å²) in [6.07, 6.45) is 5.52. The second-order valence-electron chi connectivity index (χ2n) is 7.20. The lowest BCUT2D eigenvalue weighted by Gasteiger charge is -2.26. The number of hydrazone groups is 1. The smallest absolute Gasteiger partial charge is 0.171 e. The molecule has 0 amide bonds. The van der Waals surface area contributed by atoms with Gasteiger partial charge in [0, 0.05) is 36.6 Å². The molecule has 1 aromatic carbocycles. The number of hydrogen-bond donors (Lipinski definition) is 3. The van der Waals surface area contributed by atoms with Crippen LogP contribution in [0.3, 0.4) is 0 Å². The van der Waals surface area contributed by atoms with Crippen molar-refractivity contribution in [3.63, 3.8) is 0 Å². The van der Waals surface area contributed by atoms with Crippen LogP contribution in [0.15, 0.2) is 54.4 Å². The molecular formula is C22H32FN7. The minimum absolute atomic E-state index is 0.187. The molecule has 0 bridgehead atoms. The minimum atomic E-state index is -0.321. The van der Waals surface area contributed by atoms with Gasteiger partial charge in [-0.25, -0.2) is 15.4 Å². The topological polar surface area (TPSA) is 95.8 Å². The molecule has 0 spiro atoms. The van der Waals surface area contributed by atoms with Gasteiger partial charge in [-0.3, -0.25) is 4.98 Å². The van der Waals surface area contributed by atoms with Crippen molar-refractivity contribution in [2.45, 2.75) is 19.8 Å². The molecule has 7 nitrogen and oxygen atoms in total. The van der Waals surface area contributed by atoms with Crippen LogP contribution in [0.1, 0.15) is 25.5 Å². The van der Waals surface area contributed by atoms with Gasteiger partial charge in [0.1, 0.15) is 11.5 Å². The Balaban J connectivity index is 2.22. The maximum Gasteiger partial charge on any atom is 0.171 e. The van der Waals surface area contributed by atoms with E-state index >= 15 is 0 Å². The molecule has 0 saturated heterocycles. The third-order valence-electron chi connectivity index (χ3n) is 4.75. The molecule has 0 aliphatic rings. The summed E-state index contributed by atoms with van der Waals surface area (Å²) in [6, 6.07) is 8.64. The average Bonchev–Trinajstić information content (AvgIpc) is 2.72. The van der Waals surface area contributed by atoms with Crippen LogP contribution in [-0.4, -0.2) is 43.1 Å². The highest BCUT2D eigenvalue weighted by atomic mass is 19.1. The van der Waals surface area contributed by atoms with Gasteiger partial charge in [0.05, 0.1) is 0 Å². The van der Waals surface area contributed by atoms with Gasteiger partial charge in [-0.15, -0.1) is 5.10 Å². The SMILES string of the molecule is C=CN(CC(CCC)CNC)c1ccc(-c2ccc(/C(N)=N/N(C)N)nc2)c(F)c1. The van der Waals surface area contributed by atoms with Crippen molar-refractivity contribution in [1.82, 2.24) is 15.4 Å². The third-order valence-corrected chi connectivity index (χ3v) is 4.75. The van der Waals surface area contributed by atoms with Crippen LogP contribution >= 0.6 is 0 Å². The maximum atomic E-state index is 14.9. The Kier molecular flexibility index (Phi) is 8.76. The largest absolute Gasteiger partial charge is 0.380 e. The summed E-state index contributed by atoms with van der Waals surface area (Å²) in [6.45, 7) is 7.76. The molecule has 162 valence electrons. The molecule has 1 aromatic heterocycles. The van der Waals surface area contributed by atoms with E-state index in [9.17, 15) is 4.39 Å². The van der Waals surface area contributed by atoms with Crippen molar-refractivity contribution in [2.75, 3.05) is 32.1 Å². The fourth-order valence-electron chi connectivity index (χ4n) is 3.36. The number of rotatable bonds is 11. The summed E-state index contributed by atoms with van der Waals surface area (Å²) in [5, 5.41) is 8.24.